The molecule has 152 valence electrons. The topological polar surface area (TPSA) is 77.2 Å². The minimum absolute atomic E-state index is 0.00932. The normalized spacial score (nSPS) is 11.0. The monoisotopic (exact) mass is 445 g/mol. The van der Waals surface area contributed by atoms with Gasteiger partial charge in [-0.1, -0.05) is 29.3 Å². The second-order valence-corrected chi connectivity index (χ2v) is 7.36. The summed E-state index contributed by atoms with van der Waals surface area (Å²) in [4.78, 5) is 19.4. The lowest BCUT2D eigenvalue weighted by molar-refractivity contribution is 0.0692. The fourth-order valence-corrected chi connectivity index (χ4v) is 3.45. The Hall–Kier alpha value is -3.16. The molecule has 0 unspecified atom stereocenters. The van der Waals surface area contributed by atoms with Crippen LogP contribution in [-0.2, 0) is 13.2 Å². The van der Waals surface area contributed by atoms with Crippen molar-refractivity contribution in [1.82, 2.24) is 14.5 Å². The summed E-state index contributed by atoms with van der Waals surface area (Å²) in [7, 11) is 0. The van der Waals surface area contributed by atoms with Crippen LogP contribution in [0.5, 0.6) is 5.75 Å². The maximum atomic E-state index is 14.0. The molecule has 0 aliphatic carbocycles. The number of carboxylic acids is 1. The molecule has 0 amide bonds. The zero-order valence-corrected chi connectivity index (χ0v) is 16.9. The first-order valence-corrected chi connectivity index (χ1v) is 9.56. The minimum atomic E-state index is -1.13. The van der Waals surface area contributed by atoms with Crippen LogP contribution in [0.4, 0.5) is 4.39 Å². The summed E-state index contributed by atoms with van der Waals surface area (Å²) in [6.07, 6.45) is 2.93. The first kappa shape index (κ1) is 20.1. The number of ether oxygens (including phenoxy) is 1. The summed E-state index contributed by atoms with van der Waals surface area (Å²) < 4.78 is 21.7. The maximum absolute atomic E-state index is 14.0. The number of nitrogens with zero attached hydrogens (tertiary/aromatic N) is 3. The zero-order chi connectivity index (χ0) is 21.3. The number of carbonyl (C=O) groups is 1. The van der Waals surface area contributed by atoms with Gasteiger partial charge in [-0.2, -0.15) is 0 Å². The van der Waals surface area contributed by atoms with Crippen molar-refractivity contribution in [3.8, 4) is 5.75 Å². The van der Waals surface area contributed by atoms with E-state index in [0.717, 1.165) is 5.56 Å². The molecule has 9 heteroatoms. The highest BCUT2D eigenvalue weighted by Crippen LogP contribution is 2.27. The summed E-state index contributed by atoms with van der Waals surface area (Å²) in [6, 6.07) is 11.2. The van der Waals surface area contributed by atoms with Crippen molar-refractivity contribution in [3.63, 3.8) is 0 Å². The third-order valence-electron chi connectivity index (χ3n) is 4.52. The highest BCUT2D eigenvalue weighted by atomic mass is 35.5. The lowest BCUT2D eigenvalue weighted by Gasteiger charge is -2.14. The van der Waals surface area contributed by atoms with Crippen molar-refractivity contribution in [2.75, 3.05) is 0 Å². The van der Waals surface area contributed by atoms with Gasteiger partial charge in [-0.15, -0.1) is 0 Å². The van der Waals surface area contributed by atoms with E-state index in [1.54, 1.807) is 47.2 Å². The summed E-state index contributed by atoms with van der Waals surface area (Å²) in [6.45, 7) is 0.327. The smallest absolute Gasteiger partial charge is 0.355 e. The first-order chi connectivity index (χ1) is 14.4. The molecule has 0 fully saturated rings. The molecule has 0 aliphatic heterocycles. The van der Waals surface area contributed by atoms with Crippen molar-refractivity contribution >= 4 is 40.2 Å². The standard InChI is InChI=1S/C21H14Cl2FN3O3/c22-14-3-4-18(30-10-12-1-2-15(23)8-17(12)24)13(7-14)9-27-6-5-16-19(21(28)29)25-11-26-20(16)27/h1-8,11H,9-10H2,(H,28,29). The predicted molar refractivity (Wildman–Crippen MR) is 111 cm³/mol. The summed E-state index contributed by atoms with van der Waals surface area (Å²) >= 11 is 11.9. The fraction of sp³-hybridized carbons (Fsp3) is 0.0952. The number of halogens is 3. The van der Waals surface area contributed by atoms with E-state index in [-0.39, 0.29) is 12.3 Å². The molecule has 30 heavy (non-hydrogen) atoms. The second kappa shape index (κ2) is 8.30. The molecule has 2 aromatic carbocycles. The van der Waals surface area contributed by atoms with Gasteiger partial charge in [0.25, 0.3) is 0 Å². The molecular weight excluding hydrogens is 432 g/mol. The van der Waals surface area contributed by atoms with Crippen molar-refractivity contribution < 1.29 is 19.0 Å². The molecule has 4 aromatic rings. The highest BCUT2D eigenvalue weighted by molar-refractivity contribution is 6.30. The molecule has 0 saturated carbocycles. The van der Waals surface area contributed by atoms with Gasteiger partial charge in [0.2, 0.25) is 0 Å². The van der Waals surface area contributed by atoms with Crippen molar-refractivity contribution in [3.05, 3.63) is 87.7 Å². The van der Waals surface area contributed by atoms with Gasteiger partial charge in [0.1, 0.15) is 30.1 Å². The number of aromatic carboxylic acids is 1. The van der Waals surface area contributed by atoms with Crippen LogP contribution in [0.1, 0.15) is 21.6 Å². The van der Waals surface area contributed by atoms with Crippen molar-refractivity contribution in [2.45, 2.75) is 13.2 Å². The molecule has 0 aliphatic rings. The first-order valence-electron chi connectivity index (χ1n) is 8.80. The lowest BCUT2D eigenvalue weighted by Crippen LogP contribution is -2.06. The molecular formula is C21H14Cl2FN3O3. The summed E-state index contributed by atoms with van der Waals surface area (Å²) in [5.41, 5.74) is 1.49. The van der Waals surface area contributed by atoms with Gasteiger partial charge < -0.3 is 14.4 Å². The SMILES string of the molecule is O=C(O)c1ncnc2c1ccn2Cc1cc(Cl)ccc1OCc1ccc(Cl)cc1F. The van der Waals surface area contributed by atoms with Gasteiger partial charge in [-0.3, -0.25) is 0 Å². The molecule has 0 radical (unpaired) electrons. The van der Waals surface area contributed by atoms with Crippen molar-refractivity contribution in [1.29, 1.82) is 0 Å². The molecule has 0 spiro atoms. The van der Waals surface area contributed by atoms with E-state index in [2.05, 4.69) is 9.97 Å². The van der Waals surface area contributed by atoms with Crippen LogP contribution in [0.25, 0.3) is 11.0 Å². The number of carboxylic acid groups (broad SMARTS) is 1. The van der Waals surface area contributed by atoms with Crippen LogP contribution in [-0.4, -0.2) is 25.6 Å². The van der Waals surface area contributed by atoms with Gasteiger partial charge in [-0.25, -0.2) is 19.2 Å². The van der Waals surface area contributed by atoms with Crippen LogP contribution < -0.4 is 4.74 Å². The van der Waals surface area contributed by atoms with E-state index < -0.39 is 11.8 Å². The number of rotatable bonds is 6. The van der Waals surface area contributed by atoms with E-state index in [1.165, 1.54) is 12.4 Å². The van der Waals surface area contributed by atoms with E-state index in [1.807, 2.05) is 0 Å². The lowest BCUT2D eigenvalue weighted by atomic mass is 10.2. The van der Waals surface area contributed by atoms with Gasteiger partial charge in [-0.05, 0) is 36.4 Å². The Bertz CT molecular complexity index is 1260. The van der Waals surface area contributed by atoms with Crippen LogP contribution in [0, 0.1) is 5.82 Å². The van der Waals surface area contributed by atoms with Gasteiger partial charge in [0.05, 0.1) is 11.9 Å². The zero-order valence-electron chi connectivity index (χ0n) is 15.3. The predicted octanol–water partition coefficient (Wildman–Crippen LogP) is 5.20. The fourth-order valence-electron chi connectivity index (χ4n) is 3.09. The van der Waals surface area contributed by atoms with Crippen LogP contribution in [0.2, 0.25) is 10.0 Å². The van der Waals surface area contributed by atoms with Crippen LogP contribution in [0.3, 0.4) is 0 Å². The minimum Gasteiger partial charge on any atom is -0.488 e. The van der Waals surface area contributed by atoms with E-state index in [4.69, 9.17) is 27.9 Å². The molecule has 2 aromatic heterocycles. The van der Waals surface area contributed by atoms with Crippen LogP contribution >= 0.6 is 23.2 Å². The summed E-state index contributed by atoms with van der Waals surface area (Å²) in [5, 5.41) is 10.6. The molecule has 6 nitrogen and oxygen atoms in total. The van der Waals surface area contributed by atoms with Gasteiger partial charge in [0.15, 0.2) is 5.69 Å². The number of benzene rings is 2. The van der Waals surface area contributed by atoms with E-state index in [0.29, 0.717) is 38.9 Å². The third kappa shape index (κ3) is 4.08. The maximum Gasteiger partial charge on any atom is 0.355 e. The van der Waals surface area contributed by atoms with E-state index >= 15 is 0 Å². The molecule has 0 atom stereocenters. The average molecular weight is 446 g/mol. The Morgan fingerprint density at radius 2 is 1.83 bits per heavy atom. The number of aromatic nitrogens is 3. The number of hydrogen-bond acceptors (Lipinski definition) is 4. The number of fused-ring (bicyclic) bond motifs is 1. The highest BCUT2D eigenvalue weighted by Gasteiger charge is 2.15. The largest absolute Gasteiger partial charge is 0.488 e. The second-order valence-electron chi connectivity index (χ2n) is 6.48. The summed E-state index contributed by atoms with van der Waals surface area (Å²) in [5.74, 6) is -1.06. The van der Waals surface area contributed by atoms with E-state index in [9.17, 15) is 14.3 Å². The third-order valence-corrected chi connectivity index (χ3v) is 4.99. The Kier molecular flexibility index (Phi) is 5.57. The Labute approximate surface area is 180 Å². The van der Waals surface area contributed by atoms with Gasteiger partial charge >= 0.3 is 5.97 Å². The Morgan fingerprint density at radius 3 is 2.60 bits per heavy atom. The van der Waals surface area contributed by atoms with Crippen molar-refractivity contribution in [2.24, 2.45) is 0 Å². The molecule has 4 rings (SSSR count). The quantitative estimate of drug-likeness (QED) is 0.441. The van der Waals surface area contributed by atoms with Crippen LogP contribution in [0.15, 0.2) is 55.0 Å². The molecule has 1 N–H and O–H groups in total. The number of hydrogen-bond donors (Lipinski definition) is 1. The molecule has 2 heterocycles. The Morgan fingerprint density at radius 1 is 1.07 bits per heavy atom. The van der Waals surface area contributed by atoms with Gasteiger partial charge in [0, 0.05) is 27.4 Å². The average Bonchev–Trinajstić information content (AvgIpc) is 3.11. The Balaban J connectivity index is 1.64. The molecule has 0 saturated heterocycles. The molecule has 0 bridgehead atoms.